The molecule has 1 aromatic heterocycles. The Bertz CT molecular complexity index is 325. The summed E-state index contributed by atoms with van der Waals surface area (Å²) in [6.07, 6.45) is 1.88. The average molecular weight is 239 g/mol. The average Bonchev–Trinajstić information content (AvgIpc) is 2.74. The van der Waals surface area contributed by atoms with E-state index in [2.05, 4.69) is 22.0 Å². The van der Waals surface area contributed by atoms with Crippen LogP contribution in [-0.2, 0) is 17.8 Å². The van der Waals surface area contributed by atoms with Crippen molar-refractivity contribution in [1.29, 1.82) is 0 Å². The van der Waals surface area contributed by atoms with Gasteiger partial charge in [0, 0.05) is 32.8 Å². The summed E-state index contributed by atoms with van der Waals surface area (Å²) in [7, 11) is 3.59. The molecule has 5 heteroatoms. The Balaban J connectivity index is 2.48. The smallest absolute Gasteiger partial charge is 0.151 e. The van der Waals surface area contributed by atoms with Crippen molar-refractivity contribution >= 4 is 0 Å². The van der Waals surface area contributed by atoms with Crippen molar-refractivity contribution in [3.8, 4) is 0 Å². The van der Waals surface area contributed by atoms with Gasteiger partial charge in [0.15, 0.2) is 5.76 Å². The fraction of sp³-hybridized carbons (Fsp3) is 0.583. The van der Waals surface area contributed by atoms with Crippen LogP contribution in [0.1, 0.15) is 11.5 Å². The molecule has 0 unspecified atom stereocenters. The largest absolute Gasteiger partial charge is 0.383 e. The highest BCUT2D eigenvalue weighted by Gasteiger charge is 2.09. The first kappa shape index (κ1) is 13.9. The number of hydrogen-bond acceptors (Lipinski definition) is 5. The van der Waals surface area contributed by atoms with Gasteiger partial charge in [-0.1, -0.05) is 11.2 Å². The zero-order valence-electron chi connectivity index (χ0n) is 10.6. The Morgan fingerprint density at radius 2 is 2.47 bits per heavy atom. The van der Waals surface area contributed by atoms with E-state index in [1.807, 2.05) is 19.2 Å². The molecule has 0 radical (unpaired) electrons. The maximum Gasteiger partial charge on any atom is 0.151 e. The number of rotatable bonds is 9. The molecule has 96 valence electrons. The fourth-order valence-corrected chi connectivity index (χ4v) is 1.55. The number of nitrogens with zero attached hydrogens (tertiary/aromatic N) is 2. The monoisotopic (exact) mass is 239 g/mol. The summed E-state index contributed by atoms with van der Waals surface area (Å²) in [6.45, 7) is 7.56. The molecule has 0 atom stereocenters. The second kappa shape index (κ2) is 8.00. The van der Waals surface area contributed by atoms with Gasteiger partial charge in [-0.05, 0) is 7.05 Å². The van der Waals surface area contributed by atoms with Gasteiger partial charge >= 0.3 is 0 Å². The molecule has 0 spiro atoms. The van der Waals surface area contributed by atoms with E-state index in [1.165, 1.54) is 0 Å². The molecule has 1 N–H and O–H groups in total. The van der Waals surface area contributed by atoms with E-state index in [9.17, 15) is 0 Å². The molecule has 1 rings (SSSR count). The molecule has 0 aliphatic rings. The van der Waals surface area contributed by atoms with E-state index in [0.717, 1.165) is 37.6 Å². The maximum absolute atomic E-state index is 5.27. The SMILES string of the molecule is C=CCN(CCOC)Cc1cc(CNC)no1. The van der Waals surface area contributed by atoms with Crippen LogP contribution in [0.5, 0.6) is 0 Å². The Morgan fingerprint density at radius 1 is 1.65 bits per heavy atom. The highest BCUT2D eigenvalue weighted by molar-refractivity contribution is 5.05. The van der Waals surface area contributed by atoms with Gasteiger partial charge in [-0.3, -0.25) is 4.90 Å². The third-order valence-corrected chi connectivity index (χ3v) is 2.34. The van der Waals surface area contributed by atoms with Crippen LogP contribution in [0.2, 0.25) is 0 Å². The van der Waals surface area contributed by atoms with E-state index >= 15 is 0 Å². The van der Waals surface area contributed by atoms with Crippen LogP contribution in [0.25, 0.3) is 0 Å². The first-order chi connectivity index (χ1) is 8.30. The maximum atomic E-state index is 5.27. The Labute approximate surface area is 102 Å². The van der Waals surface area contributed by atoms with Crippen molar-refractivity contribution in [3.63, 3.8) is 0 Å². The Morgan fingerprint density at radius 3 is 3.12 bits per heavy atom. The highest BCUT2D eigenvalue weighted by Crippen LogP contribution is 2.07. The summed E-state index contributed by atoms with van der Waals surface area (Å²) < 4.78 is 10.3. The standard InChI is InChI=1S/C12H21N3O2/c1-4-5-15(6-7-16-3)10-12-8-11(9-13-2)14-17-12/h4,8,13H,1,5-7,9-10H2,2-3H3. The van der Waals surface area contributed by atoms with Crippen molar-refractivity contribution in [3.05, 3.63) is 30.2 Å². The lowest BCUT2D eigenvalue weighted by molar-refractivity contribution is 0.144. The molecule has 5 nitrogen and oxygen atoms in total. The van der Waals surface area contributed by atoms with Crippen molar-refractivity contribution in [1.82, 2.24) is 15.4 Å². The Kier molecular flexibility index (Phi) is 6.54. The van der Waals surface area contributed by atoms with E-state index in [-0.39, 0.29) is 0 Å². The molecule has 0 fully saturated rings. The second-order valence-corrected chi connectivity index (χ2v) is 3.83. The van der Waals surface area contributed by atoms with Crippen molar-refractivity contribution in [2.45, 2.75) is 13.1 Å². The predicted octanol–water partition coefficient (Wildman–Crippen LogP) is 1.03. The van der Waals surface area contributed by atoms with Gasteiger partial charge in [0.2, 0.25) is 0 Å². The first-order valence-corrected chi connectivity index (χ1v) is 5.71. The molecule has 0 saturated carbocycles. The molecule has 0 aromatic carbocycles. The minimum Gasteiger partial charge on any atom is -0.383 e. The molecule has 17 heavy (non-hydrogen) atoms. The van der Waals surface area contributed by atoms with Gasteiger partial charge in [0.05, 0.1) is 18.8 Å². The van der Waals surface area contributed by atoms with Gasteiger partial charge < -0.3 is 14.6 Å². The van der Waals surface area contributed by atoms with Crippen LogP contribution in [0.3, 0.4) is 0 Å². The lowest BCUT2D eigenvalue weighted by Gasteiger charge is -2.18. The van der Waals surface area contributed by atoms with E-state index in [4.69, 9.17) is 9.26 Å². The van der Waals surface area contributed by atoms with Crippen LogP contribution in [0.15, 0.2) is 23.2 Å². The number of nitrogens with one attached hydrogen (secondary N) is 1. The van der Waals surface area contributed by atoms with Gasteiger partial charge in [0.25, 0.3) is 0 Å². The topological polar surface area (TPSA) is 50.5 Å². The van der Waals surface area contributed by atoms with Crippen LogP contribution >= 0.6 is 0 Å². The zero-order valence-corrected chi connectivity index (χ0v) is 10.6. The van der Waals surface area contributed by atoms with Crippen molar-refractivity contribution in [2.24, 2.45) is 0 Å². The van der Waals surface area contributed by atoms with Crippen LogP contribution < -0.4 is 5.32 Å². The van der Waals surface area contributed by atoms with Crippen molar-refractivity contribution < 1.29 is 9.26 Å². The van der Waals surface area contributed by atoms with Gasteiger partial charge in [-0.15, -0.1) is 6.58 Å². The number of aromatic nitrogens is 1. The number of methoxy groups -OCH3 is 1. The number of ether oxygens (including phenoxy) is 1. The highest BCUT2D eigenvalue weighted by atomic mass is 16.5. The molecule has 1 aromatic rings. The summed E-state index contributed by atoms with van der Waals surface area (Å²) in [5.74, 6) is 0.869. The summed E-state index contributed by atoms with van der Waals surface area (Å²) in [6, 6.07) is 1.97. The Hall–Kier alpha value is -1.17. The second-order valence-electron chi connectivity index (χ2n) is 3.83. The summed E-state index contributed by atoms with van der Waals surface area (Å²) in [5, 5.41) is 7.02. The zero-order chi connectivity index (χ0) is 12.5. The van der Waals surface area contributed by atoms with Gasteiger partial charge in [0.1, 0.15) is 0 Å². The molecular formula is C12H21N3O2. The van der Waals surface area contributed by atoms with Gasteiger partial charge in [-0.2, -0.15) is 0 Å². The first-order valence-electron chi connectivity index (χ1n) is 5.71. The molecule has 0 aliphatic carbocycles. The quantitative estimate of drug-likeness (QED) is 0.652. The molecule has 0 saturated heterocycles. The lowest BCUT2D eigenvalue weighted by Crippen LogP contribution is -2.26. The molecule has 1 heterocycles. The minimum atomic E-state index is 0.700. The summed E-state index contributed by atoms with van der Waals surface area (Å²) in [5.41, 5.74) is 0.924. The molecular weight excluding hydrogens is 218 g/mol. The van der Waals surface area contributed by atoms with Crippen LogP contribution in [-0.4, -0.2) is 43.9 Å². The molecule has 0 aliphatic heterocycles. The molecule has 0 bridgehead atoms. The van der Waals surface area contributed by atoms with Crippen LogP contribution in [0, 0.1) is 0 Å². The number of hydrogen-bond donors (Lipinski definition) is 1. The van der Waals surface area contributed by atoms with Crippen LogP contribution in [0.4, 0.5) is 0 Å². The van der Waals surface area contributed by atoms with Crippen molar-refractivity contribution in [2.75, 3.05) is 33.9 Å². The summed E-state index contributed by atoms with van der Waals surface area (Å²) in [4.78, 5) is 2.19. The normalized spacial score (nSPS) is 11.0. The van der Waals surface area contributed by atoms with E-state index in [1.54, 1.807) is 7.11 Å². The van der Waals surface area contributed by atoms with E-state index < -0.39 is 0 Å². The molecule has 0 amide bonds. The lowest BCUT2D eigenvalue weighted by atomic mass is 10.3. The summed E-state index contributed by atoms with van der Waals surface area (Å²) >= 11 is 0. The third kappa shape index (κ3) is 5.12. The third-order valence-electron chi connectivity index (χ3n) is 2.34. The predicted molar refractivity (Wildman–Crippen MR) is 66.6 cm³/mol. The fourth-order valence-electron chi connectivity index (χ4n) is 1.55. The van der Waals surface area contributed by atoms with E-state index in [0.29, 0.717) is 6.61 Å². The van der Waals surface area contributed by atoms with Gasteiger partial charge in [-0.25, -0.2) is 0 Å². The minimum absolute atomic E-state index is 0.700.